The molecule has 0 aromatic heterocycles. The fraction of sp³-hybridized carbons (Fsp3) is 0.538. The quantitative estimate of drug-likeness (QED) is 0.705. The minimum absolute atomic E-state index is 0.463. The van der Waals surface area contributed by atoms with Gasteiger partial charge in [-0.15, -0.1) is 0 Å². The number of hydrogen-bond donors (Lipinski definition) is 1. The third-order valence-electron chi connectivity index (χ3n) is 2.39. The Bertz CT molecular complexity index is 328. The highest BCUT2D eigenvalue weighted by molar-refractivity contribution is 5.40. The maximum Gasteiger partial charge on any atom is 0.127 e. The number of hydrogen-bond acceptors (Lipinski definition) is 4. The number of methoxy groups -OCH3 is 1. The molecule has 4 nitrogen and oxygen atoms in total. The van der Waals surface area contributed by atoms with Crippen LogP contribution in [0.3, 0.4) is 0 Å². The van der Waals surface area contributed by atoms with Gasteiger partial charge in [-0.2, -0.15) is 0 Å². The molecule has 0 radical (unpaired) electrons. The largest absolute Gasteiger partial charge is 0.497 e. The van der Waals surface area contributed by atoms with Crippen LogP contribution in [0, 0.1) is 0 Å². The molecular formula is C13H21NO3. The van der Waals surface area contributed by atoms with E-state index in [0.717, 1.165) is 36.7 Å². The van der Waals surface area contributed by atoms with Crippen molar-refractivity contribution in [1.82, 2.24) is 0 Å². The first-order valence-electron chi connectivity index (χ1n) is 5.89. The zero-order chi connectivity index (χ0) is 12.5. The summed E-state index contributed by atoms with van der Waals surface area (Å²) in [6.45, 7) is 4.53. The number of rotatable bonds is 8. The van der Waals surface area contributed by atoms with Gasteiger partial charge in [0, 0.05) is 37.8 Å². The van der Waals surface area contributed by atoms with Crippen LogP contribution in [0.25, 0.3) is 0 Å². The standard InChI is InChI=1S/C13H21NO3/c1-3-16-7-4-8-17-13-9-12(15-2)6-5-11(13)10-14/h5-6,9H,3-4,7-8,10,14H2,1-2H3. The maximum atomic E-state index is 5.68. The highest BCUT2D eigenvalue weighted by Gasteiger charge is 2.04. The summed E-state index contributed by atoms with van der Waals surface area (Å²) in [5.41, 5.74) is 6.64. The highest BCUT2D eigenvalue weighted by atomic mass is 16.5. The molecule has 0 fully saturated rings. The van der Waals surface area contributed by atoms with Gasteiger partial charge in [0.05, 0.1) is 13.7 Å². The Hall–Kier alpha value is -1.26. The molecule has 1 aromatic carbocycles. The summed E-state index contributed by atoms with van der Waals surface area (Å²) in [6.07, 6.45) is 0.870. The van der Waals surface area contributed by atoms with Gasteiger partial charge in [0.25, 0.3) is 0 Å². The molecule has 0 bridgehead atoms. The summed E-state index contributed by atoms with van der Waals surface area (Å²) in [5.74, 6) is 1.57. The van der Waals surface area contributed by atoms with E-state index in [2.05, 4.69) is 0 Å². The molecule has 0 aliphatic heterocycles. The lowest BCUT2D eigenvalue weighted by molar-refractivity contribution is 0.130. The normalized spacial score (nSPS) is 10.3. The summed E-state index contributed by atoms with van der Waals surface area (Å²) in [5, 5.41) is 0. The van der Waals surface area contributed by atoms with E-state index in [-0.39, 0.29) is 0 Å². The molecule has 1 aromatic rings. The summed E-state index contributed by atoms with van der Waals surface area (Å²) >= 11 is 0. The Labute approximate surface area is 103 Å². The van der Waals surface area contributed by atoms with E-state index < -0.39 is 0 Å². The Morgan fingerprint density at radius 2 is 2.06 bits per heavy atom. The van der Waals surface area contributed by atoms with Crippen molar-refractivity contribution in [3.63, 3.8) is 0 Å². The fourth-order valence-corrected chi connectivity index (χ4v) is 1.45. The predicted molar refractivity (Wildman–Crippen MR) is 67.5 cm³/mol. The van der Waals surface area contributed by atoms with Crippen LogP contribution in [0.4, 0.5) is 0 Å². The molecule has 17 heavy (non-hydrogen) atoms. The van der Waals surface area contributed by atoms with Gasteiger partial charge in [-0.05, 0) is 13.0 Å². The lowest BCUT2D eigenvalue weighted by Gasteiger charge is -2.11. The number of ether oxygens (including phenoxy) is 3. The van der Waals surface area contributed by atoms with Crippen LogP contribution in [0.2, 0.25) is 0 Å². The molecule has 0 unspecified atom stereocenters. The second-order valence-corrected chi connectivity index (χ2v) is 3.58. The Kier molecular flexibility index (Phi) is 6.43. The van der Waals surface area contributed by atoms with Crippen LogP contribution in [-0.4, -0.2) is 26.9 Å². The minimum atomic E-state index is 0.463. The molecule has 0 amide bonds. The van der Waals surface area contributed by atoms with Gasteiger partial charge < -0.3 is 19.9 Å². The van der Waals surface area contributed by atoms with Crippen LogP contribution in [0.15, 0.2) is 18.2 Å². The Balaban J connectivity index is 2.49. The molecule has 96 valence electrons. The monoisotopic (exact) mass is 239 g/mol. The minimum Gasteiger partial charge on any atom is -0.497 e. The molecule has 0 saturated carbocycles. The molecule has 0 spiro atoms. The zero-order valence-electron chi connectivity index (χ0n) is 10.6. The van der Waals surface area contributed by atoms with Crippen LogP contribution in [0.1, 0.15) is 18.9 Å². The van der Waals surface area contributed by atoms with E-state index in [0.29, 0.717) is 13.2 Å². The second-order valence-electron chi connectivity index (χ2n) is 3.58. The highest BCUT2D eigenvalue weighted by Crippen LogP contribution is 2.24. The first-order valence-corrected chi connectivity index (χ1v) is 5.89. The van der Waals surface area contributed by atoms with Crippen LogP contribution in [0.5, 0.6) is 11.5 Å². The van der Waals surface area contributed by atoms with Gasteiger partial charge in [0.15, 0.2) is 0 Å². The average molecular weight is 239 g/mol. The molecule has 0 aliphatic carbocycles. The third kappa shape index (κ3) is 4.63. The van der Waals surface area contributed by atoms with Crippen molar-refractivity contribution < 1.29 is 14.2 Å². The molecule has 1 rings (SSSR count). The fourth-order valence-electron chi connectivity index (χ4n) is 1.45. The summed E-state index contributed by atoms with van der Waals surface area (Å²) in [4.78, 5) is 0. The van der Waals surface area contributed by atoms with Gasteiger partial charge in [0.1, 0.15) is 11.5 Å². The van der Waals surface area contributed by atoms with E-state index in [9.17, 15) is 0 Å². The van der Waals surface area contributed by atoms with E-state index in [4.69, 9.17) is 19.9 Å². The van der Waals surface area contributed by atoms with Crippen molar-refractivity contribution >= 4 is 0 Å². The maximum absolute atomic E-state index is 5.68. The van der Waals surface area contributed by atoms with Gasteiger partial charge >= 0.3 is 0 Å². The van der Waals surface area contributed by atoms with Crippen molar-refractivity contribution in [1.29, 1.82) is 0 Å². The van der Waals surface area contributed by atoms with E-state index in [1.54, 1.807) is 7.11 Å². The van der Waals surface area contributed by atoms with Gasteiger partial charge in [-0.25, -0.2) is 0 Å². The van der Waals surface area contributed by atoms with Crippen molar-refractivity contribution in [2.75, 3.05) is 26.9 Å². The second kappa shape index (κ2) is 7.92. The van der Waals surface area contributed by atoms with Gasteiger partial charge in [-0.3, -0.25) is 0 Å². The van der Waals surface area contributed by atoms with E-state index >= 15 is 0 Å². The van der Waals surface area contributed by atoms with Crippen LogP contribution < -0.4 is 15.2 Å². The third-order valence-corrected chi connectivity index (χ3v) is 2.39. The molecule has 4 heteroatoms. The first-order chi connectivity index (χ1) is 8.31. The van der Waals surface area contributed by atoms with Gasteiger partial charge in [0.2, 0.25) is 0 Å². The van der Waals surface area contributed by atoms with Crippen molar-refractivity contribution in [2.45, 2.75) is 19.9 Å². The summed E-state index contributed by atoms with van der Waals surface area (Å²) in [7, 11) is 1.64. The van der Waals surface area contributed by atoms with Crippen molar-refractivity contribution in [2.24, 2.45) is 5.73 Å². The molecule has 0 saturated heterocycles. The van der Waals surface area contributed by atoms with Crippen LogP contribution >= 0.6 is 0 Å². The van der Waals surface area contributed by atoms with Crippen molar-refractivity contribution in [3.05, 3.63) is 23.8 Å². The molecular weight excluding hydrogens is 218 g/mol. The Morgan fingerprint density at radius 1 is 1.24 bits per heavy atom. The molecule has 0 aliphatic rings. The number of nitrogens with two attached hydrogens (primary N) is 1. The summed E-state index contributed by atoms with van der Waals surface area (Å²) < 4.78 is 16.1. The lowest BCUT2D eigenvalue weighted by atomic mass is 10.2. The van der Waals surface area contributed by atoms with Crippen LogP contribution in [-0.2, 0) is 11.3 Å². The Morgan fingerprint density at radius 3 is 2.71 bits per heavy atom. The number of benzene rings is 1. The topological polar surface area (TPSA) is 53.7 Å². The van der Waals surface area contributed by atoms with E-state index in [1.807, 2.05) is 25.1 Å². The summed E-state index contributed by atoms with van der Waals surface area (Å²) in [6, 6.07) is 5.68. The van der Waals surface area contributed by atoms with Crippen molar-refractivity contribution in [3.8, 4) is 11.5 Å². The lowest BCUT2D eigenvalue weighted by Crippen LogP contribution is -2.06. The molecule has 0 heterocycles. The predicted octanol–water partition coefficient (Wildman–Crippen LogP) is 1.96. The van der Waals surface area contributed by atoms with E-state index in [1.165, 1.54) is 0 Å². The first kappa shape index (κ1) is 13.8. The average Bonchev–Trinajstić information content (AvgIpc) is 2.38. The zero-order valence-corrected chi connectivity index (χ0v) is 10.6. The molecule has 2 N–H and O–H groups in total. The SMILES string of the molecule is CCOCCCOc1cc(OC)ccc1CN. The molecule has 0 atom stereocenters. The van der Waals surface area contributed by atoms with Gasteiger partial charge in [-0.1, -0.05) is 6.07 Å². The smallest absolute Gasteiger partial charge is 0.127 e.